The second kappa shape index (κ2) is 8.68. The smallest absolute Gasteiger partial charge is 0.244 e. The van der Waals surface area contributed by atoms with E-state index in [1.807, 2.05) is 6.07 Å². The lowest BCUT2D eigenvalue weighted by atomic mass is 10.2. The van der Waals surface area contributed by atoms with Crippen molar-refractivity contribution < 1.29 is 19.1 Å². The molecule has 0 aliphatic heterocycles. The van der Waals surface area contributed by atoms with Crippen LogP contribution in [-0.4, -0.2) is 42.5 Å². The number of ether oxygens (including phenoxy) is 2. The zero-order valence-electron chi connectivity index (χ0n) is 14.5. The van der Waals surface area contributed by atoms with Gasteiger partial charge in [0.25, 0.3) is 0 Å². The molecule has 0 aliphatic rings. The van der Waals surface area contributed by atoms with E-state index >= 15 is 0 Å². The zero-order chi connectivity index (χ0) is 18.2. The van der Waals surface area contributed by atoms with Gasteiger partial charge in [-0.1, -0.05) is 6.07 Å². The van der Waals surface area contributed by atoms with Gasteiger partial charge >= 0.3 is 0 Å². The molecule has 25 heavy (non-hydrogen) atoms. The van der Waals surface area contributed by atoms with Gasteiger partial charge in [-0.25, -0.2) is 0 Å². The first-order chi connectivity index (χ1) is 12.0. The summed E-state index contributed by atoms with van der Waals surface area (Å²) in [6.45, 7) is 1.70. The molecular formula is C18H21N3O4. The molecule has 132 valence electrons. The van der Waals surface area contributed by atoms with Gasteiger partial charge in [-0.2, -0.15) is 0 Å². The molecule has 0 aliphatic carbocycles. The molecule has 0 saturated carbocycles. The molecule has 0 atom stereocenters. The first-order valence-corrected chi connectivity index (χ1v) is 7.69. The van der Waals surface area contributed by atoms with Crippen molar-refractivity contribution in [3.8, 4) is 11.5 Å². The molecule has 1 aromatic heterocycles. The Labute approximate surface area is 146 Å². The summed E-state index contributed by atoms with van der Waals surface area (Å²) >= 11 is 0. The third kappa shape index (κ3) is 5.20. The average molecular weight is 343 g/mol. The van der Waals surface area contributed by atoms with Crippen molar-refractivity contribution in [3.63, 3.8) is 0 Å². The number of rotatable bonds is 7. The van der Waals surface area contributed by atoms with Crippen LogP contribution in [0.5, 0.6) is 11.5 Å². The Hall–Kier alpha value is -3.09. The number of nitrogens with one attached hydrogen (secondary N) is 1. The molecule has 0 bridgehead atoms. The number of amides is 2. The molecule has 0 radical (unpaired) electrons. The van der Waals surface area contributed by atoms with Crippen molar-refractivity contribution in [2.75, 3.05) is 26.1 Å². The molecular weight excluding hydrogens is 322 g/mol. The second-order valence-electron chi connectivity index (χ2n) is 5.35. The van der Waals surface area contributed by atoms with Gasteiger partial charge in [0.15, 0.2) is 11.5 Å². The minimum absolute atomic E-state index is 0.0570. The molecule has 1 heterocycles. The van der Waals surface area contributed by atoms with E-state index in [1.165, 1.54) is 18.9 Å². The number of carbonyl (C=O) groups is 2. The van der Waals surface area contributed by atoms with Crippen molar-refractivity contribution in [1.29, 1.82) is 0 Å². The Morgan fingerprint density at radius 3 is 2.52 bits per heavy atom. The predicted molar refractivity (Wildman–Crippen MR) is 93.5 cm³/mol. The fourth-order valence-electron chi connectivity index (χ4n) is 2.28. The highest BCUT2D eigenvalue weighted by atomic mass is 16.5. The summed E-state index contributed by atoms with van der Waals surface area (Å²) in [5, 5.41) is 2.76. The van der Waals surface area contributed by atoms with Crippen LogP contribution in [0.4, 0.5) is 5.69 Å². The van der Waals surface area contributed by atoms with Crippen molar-refractivity contribution in [3.05, 3.63) is 48.3 Å². The maximum absolute atomic E-state index is 12.3. The SMILES string of the molecule is COc1ccc(NC(=O)CN(Cc2cccnc2)C(C)=O)cc1OC. The molecule has 2 amide bonds. The Morgan fingerprint density at radius 1 is 1.16 bits per heavy atom. The number of nitrogens with zero attached hydrogens (tertiary/aromatic N) is 2. The van der Waals surface area contributed by atoms with Crippen LogP contribution in [0.3, 0.4) is 0 Å². The van der Waals surface area contributed by atoms with E-state index in [2.05, 4.69) is 10.3 Å². The van der Waals surface area contributed by atoms with Crippen LogP contribution in [0.2, 0.25) is 0 Å². The van der Waals surface area contributed by atoms with Gasteiger partial charge in [0, 0.05) is 37.6 Å². The Morgan fingerprint density at radius 2 is 1.92 bits per heavy atom. The van der Waals surface area contributed by atoms with Gasteiger partial charge in [0.1, 0.15) is 6.54 Å². The van der Waals surface area contributed by atoms with Gasteiger partial charge in [-0.3, -0.25) is 14.6 Å². The summed E-state index contributed by atoms with van der Waals surface area (Å²) in [4.78, 5) is 29.6. The molecule has 0 spiro atoms. The second-order valence-corrected chi connectivity index (χ2v) is 5.35. The summed E-state index contributed by atoms with van der Waals surface area (Å²) in [5.74, 6) is 0.596. The van der Waals surface area contributed by atoms with Gasteiger partial charge in [0.2, 0.25) is 11.8 Å². The van der Waals surface area contributed by atoms with Crippen LogP contribution in [0.25, 0.3) is 0 Å². The molecule has 0 unspecified atom stereocenters. The number of pyridine rings is 1. The van der Waals surface area contributed by atoms with E-state index in [-0.39, 0.29) is 18.4 Å². The fraction of sp³-hybridized carbons (Fsp3) is 0.278. The topological polar surface area (TPSA) is 80.8 Å². The van der Waals surface area contributed by atoms with Gasteiger partial charge < -0.3 is 19.7 Å². The number of hydrogen-bond donors (Lipinski definition) is 1. The van der Waals surface area contributed by atoms with Crippen LogP contribution in [0, 0.1) is 0 Å². The normalized spacial score (nSPS) is 10.0. The lowest BCUT2D eigenvalue weighted by Gasteiger charge is -2.20. The lowest BCUT2D eigenvalue weighted by molar-refractivity contribution is -0.133. The maximum Gasteiger partial charge on any atom is 0.244 e. The Balaban J connectivity index is 2.03. The van der Waals surface area contributed by atoms with E-state index in [1.54, 1.807) is 43.8 Å². The van der Waals surface area contributed by atoms with Crippen LogP contribution >= 0.6 is 0 Å². The van der Waals surface area contributed by atoms with Crippen LogP contribution in [0.1, 0.15) is 12.5 Å². The summed E-state index contributed by atoms with van der Waals surface area (Å²) in [6, 6.07) is 8.72. The number of benzene rings is 1. The molecule has 2 rings (SSSR count). The molecule has 0 fully saturated rings. The van der Waals surface area contributed by atoms with Crippen molar-refractivity contribution >= 4 is 17.5 Å². The maximum atomic E-state index is 12.3. The monoisotopic (exact) mass is 343 g/mol. The lowest BCUT2D eigenvalue weighted by Crippen LogP contribution is -2.36. The number of hydrogen-bond acceptors (Lipinski definition) is 5. The molecule has 7 heteroatoms. The number of carbonyl (C=O) groups excluding carboxylic acids is 2. The number of anilines is 1. The molecule has 1 N–H and O–H groups in total. The van der Waals surface area contributed by atoms with Crippen molar-refractivity contribution in [2.45, 2.75) is 13.5 Å². The summed E-state index contributed by atoms with van der Waals surface area (Å²) in [5.41, 5.74) is 1.42. The van der Waals surface area contributed by atoms with Crippen molar-refractivity contribution in [1.82, 2.24) is 9.88 Å². The minimum Gasteiger partial charge on any atom is -0.493 e. The quantitative estimate of drug-likeness (QED) is 0.832. The van der Waals surface area contributed by atoms with Crippen LogP contribution < -0.4 is 14.8 Å². The number of methoxy groups -OCH3 is 2. The Kier molecular flexibility index (Phi) is 6.33. The summed E-state index contributed by atoms with van der Waals surface area (Å²) in [6.07, 6.45) is 3.33. The molecule has 2 aromatic rings. The van der Waals surface area contributed by atoms with Crippen LogP contribution in [0.15, 0.2) is 42.7 Å². The highest BCUT2D eigenvalue weighted by Gasteiger charge is 2.15. The van der Waals surface area contributed by atoms with Gasteiger partial charge in [-0.15, -0.1) is 0 Å². The fourth-order valence-corrected chi connectivity index (χ4v) is 2.28. The third-order valence-corrected chi connectivity index (χ3v) is 3.54. The summed E-state index contributed by atoms with van der Waals surface area (Å²) < 4.78 is 10.4. The van der Waals surface area contributed by atoms with Gasteiger partial charge in [0.05, 0.1) is 14.2 Å². The largest absolute Gasteiger partial charge is 0.493 e. The third-order valence-electron chi connectivity index (χ3n) is 3.54. The Bertz CT molecular complexity index is 734. The van der Waals surface area contributed by atoms with E-state index in [0.29, 0.717) is 23.7 Å². The standard InChI is InChI=1S/C18H21N3O4/c1-13(22)21(11-14-5-4-8-19-10-14)12-18(23)20-15-6-7-16(24-2)17(9-15)25-3/h4-10H,11-12H2,1-3H3,(H,20,23). The first-order valence-electron chi connectivity index (χ1n) is 7.69. The van der Waals surface area contributed by atoms with Gasteiger partial charge in [-0.05, 0) is 23.8 Å². The zero-order valence-corrected chi connectivity index (χ0v) is 14.5. The molecule has 7 nitrogen and oxygen atoms in total. The van der Waals surface area contributed by atoms with E-state index in [9.17, 15) is 9.59 Å². The first kappa shape index (κ1) is 18.3. The highest BCUT2D eigenvalue weighted by Crippen LogP contribution is 2.29. The predicted octanol–water partition coefficient (Wildman–Crippen LogP) is 2.09. The van der Waals surface area contributed by atoms with E-state index < -0.39 is 0 Å². The van der Waals surface area contributed by atoms with E-state index in [0.717, 1.165) is 5.56 Å². The van der Waals surface area contributed by atoms with E-state index in [4.69, 9.17) is 9.47 Å². The van der Waals surface area contributed by atoms with Crippen molar-refractivity contribution in [2.24, 2.45) is 0 Å². The number of aromatic nitrogens is 1. The molecule has 0 saturated heterocycles. The average Bonchev–Trinajstić information content (AvgIpc) is 2.61. The summed E-state index contributed by atoms with van der Waals surface area (Å²) in [7, 11) is 3.06. The van der Waals surface area contributed by atoms with Crippen LogP contribution in [-0.2, 0) is 16.1 Å². The highest BCUT2D eigenvalue weighted by molar-refractivity contribution is 5.94. The molecule has 1 aromatic carbocycles. The minimum atomic E-state index is -0.300.